The van der Waals surface area contributed by atoms with Crippen LogP contribution >= 0.6 is 15.9 Å². The van der Waals surface area contributed by atoms with Gasteiger partial charge in [-0.2, -0.15) is 0 Å². The zero-order chi connectivity index (χ0) is 13.7. The number of nitrogens with two attached hydrogens (primary N) is 1. The van der Waals surface area contributed by atoms with Crippen molar-refractivity contribution in [2.24, 2.45) is 5.84 Å². The second-order valence-corrected chi connectivity index (χ2v) is 4.85. The van der Waals surface area contributed by atoms with E-state index in [1.54, 1.807) is 0 Å². The highest BCUT2D eigenvalue weighted by atomic mass is 79.9. The third kappa shape index (κ3) is 3.21. The lowest BCUT2D eigenvalue weighted by atomic mass is 10.2. The molecule has 0 aliphatic rings. The second-order valence-electron chi connectivity index (χ2n) is 3.99. The van der Waals surface area contributed by atoms with Crippen LogP contribution in [0.25, 0.3) is 0 Å². The molecule has 1 heterocycles. The van der Waals surface area contributed by atoms with Gasteiger partial charge in [-0.3, -0.25) is 0 Å². The number of hydrogen-bond acceptors (Lipinski definition) is 5. The monoisotopic (exact) mass is 321 g/mol. The van der Waals surface area contributed by atoms with Crippen LogP contribution in [0.1, 0.15) is 18.1 Å². The molecule has 0 spiro atoms. The summed E-state index contributed by atoms with van der Waals surface area (Å²) in [5, 5.41) is 3.32. The van der Waals surface area contributed by atoms with E-state index in [0.717, 1.165) is 22.3 Å². The number of nitrogens with zero attached hydrogens (tertiary/aromatic N) is 2. The van der Waals surface area contributed by atoms with Gasteiger partial charge in [0.05, 0.1) is 0 Å². The molecule has 19 heavy (non-hydrogen) atoms. The van der Waals surface area contributed by atoms with Crippen molar-refractivity contribution < 1.29 is 0 Å². The Labute approximate surface area is 120 Å². The van der Waals surface area contributed by atoms with E-state index in [0.29, 0.717) is 12.4 Å². The van der Waals surface area contributed by atoms with E-state index in [2.05, 4.69) is 42.7 Å². The van der Waals surface area contributed by atoms with E-state index in [9.17, 15) is 0 Å². The maximum atomic E-state index is 5.45. The van der Waals surface area contributed by atoms with Crippen molar-refractivity contribution in [2.45, 2.75) is 19.9 Å². The van der Waals surface area contributed by atoms with Gasteiger partial charge >= 0.3 is 0 Å². The van der Waals surface area contributed by atoms with Crippen molar-refractivity contribution in [1.82, 2.24) is 9.97 Å². The summed E-state index contributed by atoms with van der Waals surface area (Å²) in [5.74, 6) is 6.92. The van der Waals surface area contributed by atoms with Crippen LogP contribution in [0.15, 0.2) is 35.1 Å². The highest BCUT2D eigenvalue weighted by molar-refractivity contribution is 9.10. The molecule has 2 aromatic rings. The molecule has 0 amide bonds. The summed E-state index contributed by atoms with van der Waals surface area (Å²) >= 11 is 3.53. The van der Waals surface area contributed by atoms with Crippen LogP contribution in [0, 0.1) is 0 Å². The molecule has 0 saturated heterocycles. The predicted octanol–water partition coefficient (Wildman–Crippen LogP) is 2.70. The van der Waals surface area contributed by atoms with Gasteiger partial charge in [-0.1, -0.05) is 41.1 Å². The van der Waals surface area contributed by atoms with Gasteiger partial charge in [0.1, 0.15) is 18.0 Å². The minimum Gasteiger partial charge on any atom is -0.366 e. The molecule has 0 aliphatic heterocycles. The van der Waals surface area contributed by atoms with Gasteiger partial charge in [0.15, 0.2) is 0 Å². The first kappa shape index (κ1) is 13.8. The Balaban J connectivity index is 2.18. The van der Waals surface area contributed by atoms with Crippen molar-refractivity contribution in [3.63, 3.8) is 0 Å². The van der Waals surface area contributed by atoms with Crippen molar-refractivity contribution in [2.75, 3.05) is 10.7 Å². The van der Waals surface area contributed by atoms with E-state index in [1.807, 2.05) is 25.1 Å². The normalized spacial score (nSPS) is 10.3. The minimum absolute atomic E-state index is 0.659. The average molecular weight is 322 g/mol. The molecule has 1 aromatic carbocycles. The summed E-state index contributed by atoms with van der Waals surface area (Å²) in [5.41, 5.74) is 4.75. The Kier molecular flexibility index (Phi) is 4.70. The Morgan fingerprint density at radius 1 is 1.21 bits per heavy atom. The minimum atomic E-state index is 0.659. The molecule has 5 nitrogen and oxygen atoms in total. The van der Waals surface area contributed by atoms with Crippen LogP contribution in [0.2, 0.25) is 0 Å². The van der Waals surface area contributed by atoms with Crippen LogP contribution < -0.4 is 16.6 Å². The number of aromatic nitrogens is 2. The molecular weight excluding hydrogens is 306 g/mol. The lowest BCUT2D eigenvalue weighted by molar-refractivity contribution is 1.00. The van der Waals surface area contributed by atoms with Gasteiger partial charge in [0, 0.05) is 16.6 Å². The summed E-state index contributed by atoms with van der Waals surface area (Å²) in [6, 6.07) is 8.08. The molecule has 0 unspecified atom stereocenters. The topological polar surface area (TPSA) is 75.9 Å². The van der Waals surface area contributed by atoms with Gasteiger partial charge in [0.2, 0.25) is 0 Å². The zero-order valence-electron chi connectivity index (χ0n) is 10.7. The number of rotatable bonds is 5. The first-order valence-electron chi connectivity index (χ1n) is 6.04. The molecule has 0 saturated carbocycles. The highest BCUT2D eigenvalue weighted by Crippen LogP contribution is 2.22. The van der Waals surface area contributed by atoms with E-state index in [1.165, 1.54) is 11.9 Å². The second kappa shape index (κ2) is 6.49. The zero-order valence-corrected chi connectivity index (χ0v) is 12.2. The number of nitrogen functional groups attached to an aromatic ring is 1. The van der Waals surface area contributed by atoms with E-state index in [-0.39, 0.29) is 0 Å². The number of hydrazine groups is 1. The van der Waals surface area contributed by atoms with Crippen LogP contribution in [0.3, 0.4) is 0 Å². The molecule has 0 radical (unpaired) electrons. The third-order valence-electron chi connectivity index (χ3n) is 2.84. The lowest BCUT2D eigenvalue weighted by Gasteiger charge is -2.13. The Morgan fingerprint density at radius 2 is 1.95 bits per heavy atom. The Bertz CT molecular complexity index is 558. The predicted molar refractivity (Wildman–Crippen MR) is 80.7 cm³/mol. The van der Waals surface area contributed by atoms with Crippen LogP contribution in [0.5, 0.6) is 0 Å². The molecule has 1 aromatic heterocycles. The SMILES string of the molecule is CCc1c(NN)ncnc1NCc1ccccc1Br. The first-order chi connectivity index (χ1) is 9.26. The number of halogens is 1. The summed E-state index contributed by atoms with van der Waals surface area (Å²) in [7, 11) is 0. The van der Waals surface area contributed by atoms with Gasteiger partial charge in [0.25, 0.3) is 0 Å². The fourth-order valence-corrected chi connectivity index (χ4v) is 2.27. The summed E-state index contributed by atoms with van der Waals surface area (Å²) in [4.78, 5) is 8.37. The smallest absolute Gasteiger partial charge is 0.148 e. The Hall–Kier alpha value is -1.66. The summed E-state index contributed by atoms with van der Waals surface area (Å²) in [6.07, 6.45) is 2.30. The van der Waals surface area contributed by atoms with Gasteiger partial charge < -0.3 is 10.7 Å². The molecule has 4 N–H and O–H groups in total. The fraction of sp³-hybridized carbons (Fsp3) is 0.231. The molecule has 0 aliphatic carbocycles. The summed E-state index contributed by atoms with van der Waals surface area (Å²) < 4.78 is 1.08. The summed E-state index contributed by atoms with van der Waals surface area (Å²) in [6.45, 7) is 2.73. The van der Waals surface area contributed by atoms with E-state index >= 15 is 0 Å². The third-order valence-corrected chi connectivity index (χ3v) is 3.61. The van der Waals surface area contributed by atoms with Gasteiger partial charge in [-0.25, -0.2) is 15.8 Å². The molecule has 100 valence electrons. The number of anilines is 2. The lowest BCUT2D eigenvalue weighted by Crippen LogP contribution is -2.14. The molecule has 0 bridgehead atoms. The van der Waals surface area contributed by atoms with Crippen molar-refractivity contribution in [1.29, 1.82) is 0 Å². The maximum Gasteiger partial charge on any atom is 0.148 e. The van der Waals surface area contributed by atoms with E-state index < -0.39 is 0 Å². The first-order valence-corrected chi connectivity index (χ1v) is 6.83. The van der Waals surface area contributed by atoms with Crippen molar-refractivity contribution >= 4 is 27.6 Å². The molecule has 0 atom stereocenters. The molecule has 0 fully saturated rings. The highest BCUT2D eigenvalue weighted by Gasteiger charge is 2.08. The molecule has 6 heteroatoms. The number of nitrogens with one attached hydrogen (secondary N) is 2. The Morgan fingerprint density at radius 3 is 2.63 bits per heavy atom. The van der Waals surface area contributed by atoms with Gasteiger partial charge in [-0.15, -0.1) is 0 Å². The number of hydrogen-bond donors (Lipinski definition) is 3. The van der Waals surface area contributed by atoms with Crippen molar-refractivity contribution in [3.05, 3.63) is 46.2 Å². The fourth-order valence-electron chi connectivity index (χ4n) is 1.84. The van der Waals surface area contributed by atoms with Crippen LogP contribution in [0.4, 0.5) is 11.6 Å². The molecule has 2 rings (SSSR count). The maximum absolute atomic E-state index is 5.45. The number of benzene rings is 1. The quantitative estimate of drug-likeness (QED) is 0.583. The average Bonchev–Trinajstić information content (AvgIpc) is 2.45. The van der Waals surface area contributed by atoms with Crippen LogP contribution in [-0.4, -0.2) is 9.97 Å². The largest absolute Gasteiger partial charge is 0.366 e. The van der Waals surface area contributed by atoms with Crippen molar-refractivity contribution in [3.8, 4) is 0 Å². The van der Waals surface area contributed by atoms with E-state index in [4.69, 9.17) is 5.84 Å². The van der Waals surface area contributed by atoms with Crippen LogP contribution in [-0.2, 0) is 13.0 Å². The molecular formula is C13H16BrN5. The van der Waals surface area contributed by atoms with Gasteiger partial charge in [-0.05, 0) is 18.1 Å². The standard InChI is InChI=1S/C13H16BrN5/c1-2-10-12(17-8-18-13(10)19-15)16-7-9-5-3-4-6-11(9)14/h3-6,8H,2,7,15H2,1H3,(H2,16,17,18,19).